The predicted molar refractivity (Wildman–Crippen MR) is 29.5 cm³/mol. The Hall–Kier alpha value is 0.415. The maximum absolute atomic E-state index is 3.79. The first kappa shape index (κ1) is 8.83. The first-order valence-electron chi connectivity index (χ1n) is 1.02. The summed E-state index contributed by atoms with van der Waals surface area (Å²) in [6.07, 6.45) is 0. The monoisotopic (exact) mass is 76.1 g/mol. The lowest BCUT2D eigenvalue weighted by molar-refractivity contribution is 1.54. The summed E-state index contributed by atoms with van der Waals surface area (Å²) in [7, 11) is 0. The van der Waals surface area contributed by atoms with Gasteiger partial charge in [0.15, 0.2) is 0 Å². The van der Waals surface area contributed by atoms with Crippen LogP contribution >= 0.6 is 12.6 Å². The molecule has 0 saturated carbocycles. The van der Waals surface area contributed by atoms with E-state index in [9.17, 15) is 0 Å². The van der Waals surface area contributed by atoms with E-state index < -0.39 is 0 Å². The third-order valence-corrected chi connectivity index (χ3v) is 0. The molecule has 26 valence electrons. The van der Waals surface area contributed by atoms with Crippen molar-refractivity contribution in [2.24, 2.45) is 0 Å². The van der Waals surface area contributed by atoms with Gasteiger partial charge in [-0.05, 0) is 5.75 Å². The maximum Gasteiger partial charge on any atom is 0.0814 e. The molecule has 4 heavy (non-hydrogen) atoms. The molecule has 0 radical (unpaired) electrons. The zero-order valence-corrected chi connectivity index (χ0v) is 3.05. The van der Waals surface area contributed by atoms with Gasteiger partial charge in [0.2, 0.25) is 0 Å². The molecule has 0 atom stereocenters. The van der Waals surface area contributed by atoms with Gasteiger partial charge in [-0.15, -0.1) is 0 Å². The topological polar surface area (TPSA) is 0 Å². The molecule has 0 fully saturated rings. The van der Waals surface area contributed by atoms with Crippen molar-refractivity contribution in [3.63, 3.8) is 0 Å². The van der Waals surface area contributed by atoms with Crippen LogP contribution in [0.2, 0.25) is 0 Å². The molecule has 0 amide bonds. The highest BCUT2D eigenvalue weighted by atomic mass is 32.1. The lowest BCUT2D eigenvalue weighted by Gasteiger charge is -1.48. The van der Waals surface area contributed by atoms with E-state index in [1.54, 1.807) is 0 Å². The standard InChI is InChI=1S/C2H6S.BH3/c1-2-3;/h3H,2H2,1H3;1H3. The molecule has 0 aliphatic rings. The van der Waals surface area contributed by atoms with Crippen molar-refractivity contribution in [3.05, 3.63) is 0 Å². The average molecular weight is 76.0 g/mol. The Balaban J connectivity index is 0. The molecule has 0 aliphatic heterocycles. The molecule has 0 unspecified atom stereocenters. The Morgan fingerprint density at radius 2 is 1.75 bits per heavy atom. The molecule has 0 bridgehead atoms. The fraction of sp³-hybridized carbons (Fsp3) is 1.00. The smallest absolute Gasteiger partial charge is 0.0814 e. The summed E-state index contributed by atoms with van der Waals surface area (Å²) in [5.74, 6) is 0.944. The van der Waals surface area contributed by atoms with E-state index >= 15 is 0 Å². The van der Waals surface area contributed by atoms with Crippen LogP contribution in [0, 0.1) is 0 Å². The van der Waals surface area contributed by atoms with E-state index in [1.165, 1.54) is 0 Å². The van der Waals surface area contributed by atoms with Crippen LogP contribution in [0.15, 0.2) is 0 Å². The van der Waals surface area contributed by atoms with E-state index in [2.05, 4.69) is 12.6 Å². The van der Waals surface area contributed by atoms with Crippen LogP contribution in [-0.2, 0) is 0 Å². The molecule has 0 nitrogen and oxygen atoms in total. The molecule has 0 aromatic rings. The van der Waals surface area contributed by atoms with Crippen molar-refractivity contribution < 1.29 is 0 Å². The van der Waals surface area contributed by atoms with E-state index in [4.69, 9.17) is 0 Å². The van der Waals surface area contributed by atoms with Crippen molar-refractivity contribution in [2.45, 2.75) is 6.92 Å². The molecule has 0 N–H and O–H groups in total. The molecule has 0 rings (SSSR count). The summed E-state index contributed by atoms with van der Waals surface area (Å²) in [6.45, 7) is 1.99. The van der Waals surface area contributed by atoms with Gasteiger partial charge in [0.05, 0.1) is 8.41 Å². The first-order valence-corrected chi connectivity index (χ1v) is 1.66. The second kappa shape index (κ2) is 9.95. The zero-order valence-electron chi connectivity index (χ0n) is 2.15. The summed E-state index contributed by atoms with van der Waals surface area (Å²) in [4.78, 5) is 0. The van der Waals surface area contributed by atoms with Crippen molar-refractivity contribution in [1.29, 1.82) is 0 Å². The third kappa shape index (κ3) is 28.1. The molecule has 0 spiro atoms. The van der Waals surface area contributed by atoms with E-state index in [0.717, 1.165) is 5.75 Å². The van der Waals surface area contributed by atoms with Crippen LogP contribution in [0.3, 0.4) is 0 Å². The van der Waals surface area contributed by atoms with Gasteiger partial charge >= 0.3 is 0 Å². The van der Waals surface area contributed by atoms with E-state index in [-0.39, 0.29) is 8.41 Å². The van der Waals surface area contributed by atoms with Gasteiger partial charge in [-0.25, -0.2) is 0 Å². The number of thiol groups is 1. The van der Waals surface area contributed by atoms with Gasteiger partial charge in [0.25, 0.3) is 0 Å². The van der Waals surface area contributed by atoms with Crippen LogP contribution in [-0.4, -0.2) is 14.2 Å². The van der Waals surface area contributed by atoms with Crippen molar-refractivity contribution in [1.82, 2.24) is 0 Å². The van der Waals surface area contributed by atoms with Crippen molar-refractivity contribution in [3.8, 4) is 0 Å². The highest BCUT2D eigenvalue weighted by molar-refractivity contribution is 7.80. The Kier molecular flexibility index (Phi) is 22.0. The normalized spacial score (nSPS) is 4.50. The predicted octanol–water partition coefficient (Wildman–Crippen LogP) is -0.248. The Bertz CT molecular complexity index is 6.00. The van der Waals surface area contributed by atoms with Crippen LogP contribution in [0.1, 0.15) is 6.92 Å². The summed E-state index contributed by atoms with van der Waals surface area (Å²) in [6, 6.07) is 0. The minimum absolute atomic E-state index is 0. The molecular formula is C2H9BS. The van der Waals surface area contributed by atoms with Crippen molar-refractivity contribution in [2.75, 3.05) is 5.75 Å². The fourth-order valence-electron chi connectivity index (χ4n) is 0. The summed E-state index contributed by atoms with van der Waals surface area (Å²) < 4.78 is 0. The zero-order chi connectivity index (χ0) is 2.71. The first-order chi connectivity index (χ1) is 1.41. The summed E-state index contributed by atoms with van der Waals surface area (Å²) >= 11 is 3.79. The average Bonchev–Trinajstić information content (AvgIpc) is 0.918. The summed E-state index contributed by atoms with van der Waals surface area (Å²) in [5, 5.41) is 0. The maximum atomic E-state index is 3.79. The summed E-state index contributed by atoms with van der Waals surface area (Å²) in [5.41, 5.74) is 0. The van der Waals surface area contributed by atoms with Gasteiger partial charge in [-0.1, -0.05) is 6.92 Å². The Morgan fingerprint density at radius 3 is 1.75 bits per heavy atom. The minimum Gasteiger partial charge on any atom is -0.180 e. The third-order valence-electron chi connectivity index (χ3n) is 0. The fourth-order valence-corrected chi connectivity index (χ4v) is 0. The number of hydrogen-bond donors (Lipinski definition) is 1. The number of hydrogen-bond acceptors (Lipinski definition) is 1. The van der Waals surface area contributed by atoms with Crippen LogP contribution in [0.4, 0.5) is 0 Å². The minimum atomic E-state index is 0. The lowest BCUT2D eigenvalue weighted by Crippen LogP contribution is -1.36. The van der Waals surface area contributed by atoms with Gasteiger partial charge in [0, 0.05) is 0 Å². The van der Waals surface area contributed by atoms with Gasteiger partial charge < -0.3 is 0 Å². The Labute approximate surface area is 34.6 Å². The van der Waals surface area contributed by atoms with Gasteiger partial charge in [-0.3, -0.25) is 0 Å². The van der Waals surface area contributed by atoms with E-state index in [0.29, 0.717) is 0 Å². The largest absolute Gasteiger partial charge is 0.180 e. The molecule has 2 heteroatoms. The highest BCUT2D eigenvalue weighted by Gasteiger charge is 1.35. The Morgan fingerprint density at radius 1 is 1.75 bits per heavy atom. The molecular weight excluding hydrogens is 66.9 g/mol. The molecule has 0 heterocycles. The molecule has 0 aromatic heterocycles. The van der Waals surface area contributed by atoms with Gasteiger partial charge in [-0.2, -0.15) is 12.6 Å². The molecule has 0 saturated heterocycles. The molecule has 0 aromatic carbocycles. The second-order valence-corrected chi connectivity index (χ2v) is 0.949. The number of rotatable bonds is 0. The quantitative estimate of drug-likeness (QED) is 0.298. The van der Waals surface area contributed by atoms with E-state index in [1.807, 2.05) is 6.92 Å². The van der Waals surface area contributed by atoms with Crippen LogP contribution in [0.5, 0.6) is 0 Å². The lowest BCUT2D eigenvalue weighted by atomic mass is 10.8. The SMILES string of the molecule is B.CCS. The van der Waals surface area contributed by atoms with Gasteiger partial charge in [0.1, 0.15) is 0 Å². The second-order valence-electron chi connectivity index (χ2n) is 0.316. The molecule has 0 aliphatic carbocycles. The van der Waals surface area contributed by atoms with Crippen LogP contribution < -0.4 is 0 Å². The van der Waals surface area contributed by atoms with Crippen LogP contribution in [0.25, 0.3) is 0 Å². The highest BCUT2D eigenvalue weighted by Crippen LogP contribution is 1.58. The van der Waals surface area contributed by atoms with Crippen molar-refractivity contribution >= 4 is 21.0 Å².